The Morgan fingerprint density at radius 1 is 1.35 bits per heavy atom. The van der Waals surface area contributed by atoms with Crippen molar-refractivity contribution in [3.63, 3.8) is 0 Å². The van der Waals surface area contributed by atoms with E-state index in [1.54, 1.807) is 13.0 Å². The van der Waals surface area contributed by atoms with E-state index >= 15 is 0 Å². The third kappa shape index (κ3) is 4.04. The summed E-state index contributed by atoms with van der Waals surface area (Å²) in [6, 6.07) is 5.08. The number of piperidine rings is 1. The van der Waals surface area contributed by atoms with Gasteiger partial charge in [0.05, 0.1) is 6.42 Å². The minimum atomic E-state index is -0.764. The van der Waals surface area contributed by atoms with Gasteiger partial charge in [0.15, 0.2) is 0 Å². The highest BCUT2D eigenvalue weighted by Gasteiger charge is 2.23. The molecule has 1 unspecified atom stereocenters. The smallest absolute Gasteiger partial charge is 0.304 e. The molecule has 3 nitrogen and oxygen atoms in total. The lowest BCUT2D eigenvalue weighted by Gasteiger charge is -2.34. The van der Waals surface area contributed by atoms with Gasteiger partial charge in [0.1, 0.15) is 5.82 Å². The monoisotopic (exact) mass is 279 g/mol. The summed E-state index contributed by atoms with van der Waals surface area (Å²) < 4.78 is 13.3. The third-order valence-corrected chi connectivity index (χ3v) is 4.01. The van der Waals surface area contributed by atoms with Crippen LogP contribution in [0.3, 0.4) is 0 Å². The number of hydrogen-bond acceptors (Lipinski definition) is 2. The van der Waals surface area contributed by atoms with Crippen LogP contribution in [-0.4, -0.2) is 35.1 Å². The fourth-order valence-electron chi connectivity index (χ4n) is 2.92. The van der Waals surface area contributed by atoms with Crippen LogP contribution in [0.2, 0.25) is 0 Å². The molecule has 1 atom stereocenters. The molecule has 110 valence electrons. The Labute approximate surface area is 119 Å². The SMILES string of the molecule is Cc1cc(CC(CC(=O)O)N2CCCCC2)ccc1F. The van der Waals surface area contributed by atoms with Crippen LogP contribution >= 0.6 is 0 Å². The van der Waals surface area contributed by atoms with E-state index in [0.717, 1.165) is 31.5 Å². The number of hydrogen-bond donors (Lipinski definition) is 1. The Kier molecular flexibility index (Phi) is 5.12. The van der Waals surface area contributed by atoms with E-state index in [2.05, 4.69) is 4.90 Å². The normalized spacial score (nSPS) is 17.9. The molecule has 1 aromatic carbocycles. The van der Waals surface area contributed by atoms with Gasteiger partial charge in [-0.25, -0.2) is 4.39 Å². The van der Waals surface area contributed by atoms with Crippen LogP contribution in [0.4, 0.5) is 4.39 Å². The number of benzene rings is 1. The van der Waals surface area contributed by atoms with Gasteiger partial charge in [-0.05, 0) is 56.5 Å². The van der Waals surface area contributed by atoms with E-state index in [1.165, 1.54) is 12.5 Å². The molecule has 0 amide bonds. The second-order valence-corrected chi connectivity index (χ2v) is 5.64. The summed E-state index contributed by atoms with van der Waals surface area (Å²) in [7, 11) is 0. The van der Waals surface area contributed by atoms with Crippen LogP contribution in [0.15, 0.2) is 18.2 Å². The second-order valence-electron chi connectivity index (χ2n) is 5.64. The van der Waals surface area contributed by atoms with Gasteiger partial charge in [-0.2, -0.15) is 0 Å². The maximum atomic E-state index is 13.3. The molecule has 1 aromatic rings. The van der Waals surface area contributed by atoms with Crippen LogP contribution in [0.25, 0.3) is 0 Å². The molecule has 0 aromatic heterocycles. The number of carboxylic acids is 1. The van der Waals surface area contributed by atoms with Crippen molar-refractivity contribution in [1.29, 1.82) is 0 Å². The number of halogens is 1. The number of aryl methyl sites for hydroxylation is 1. The van der Waals surface area contributed by atoms with E-state index < -0.39 is 5.97 Å². The highest BCUT2D eigenvalue weighted by molar-refractivity contribution is 5.67. The quantitative estimate of drug-likeness (QED) is 0.900. The fourth-order valence-corrected chi connectivity index (χ4v) is 2.92. The molecule has 0 bridgehead atoms. The standard InChI is InChI=1S/C16H22FNO2/c1-12-9-13(5-6-15(12)17)10-14(11-16(19)20)18-7-3-2-4-8-18/h5-6,9,14H,2-4,7-8,10-11H2,1H3,(H,19,20). The van der Waals surface area contributed by atoms with Crippen LogP contribution < -0.4 is 0 Å². The van der Waals surface area contributed by atoms with Gasteiger partial charge in [-0.1, -0.05) is 18.6 Å². The number of carbonyl (C=O) groups is 1. The lowest BCUT2D eigenvalue weighted by Crippen LogP contribution is -2.41. The summed E-state index contributed by atoms with van der Waals surface area (Å²) >= 11 is 0. The molecule has 0 aliphatic carbocycles. The summed E-state index contributed by atoms with van der Waals surface area (Å²) in [6.45, 7) is 3.68. The van der Waals surface area contributed by atoms with Crippen molar-refractivity contribution in [3.05, 3.63) is 35.1 Å². The predicted octanol–water partition coefficient (Wildman–Crippen LogP) is 3.01. The molecule has 0 saturated carbocycles. The average molecular weight is 279 g/mol. The lowest BCUT2D eigenvalue weighted by molar-refractivity contribution is -0.138. The summed E-state index contributed by atoms with van der Waals surface area (Å²) in [4.78, 5) is 13.4. The first kappa shape index (κ1) is 15.0. The van der Waals surface area contributed by atoms with E-state index in [0.29, 0.717) is 12.0 Å². The molecular weight excluding hydrogens is 257 g/mol. The van der Waals surface area contributed by atoms with Gasteiger partial charge in [0, 0.05) is 6.04 Å². The molecule has 1 fully saturated rings. The number of likely N-dealkylation sites (tertiary alicyclic amines) is 1. The first-order valence-corrected chi connectivity index (χ1v) is 7.27. The first-order chi connectivity index (χ1) is 9.56. The van der Waals surface area contributed by atoms with Crippen LogP contribution in [0.1, 0.15) is 36.8 Å². The van der Waals surface area contributed by atoms with E-state index in [-0.39, 0.29) is 18.3 Å². The molecule has 2 rings (SSSR count). The molecule has 0 radical (unpaired) electrons. The van der Waals surface area contributed by atoms with E-state index in [9.17, 15) is 9.18 Å². The maximum Gasteiger partial charge on any atom is 0.304 e. The van der Waals surface area contributed by atoms with Gasteiger partial charge >= 0.3 is 5.97 Å². The highest BCUT2D eigenvalue weighted by Crippen LogP contribution is 2.19. The van der Waals surface area contributed by atoms with Crippen molar-refractivity contribution in [2.24, 2.45) is 0 Å². The van der Waals surface area contributed by atoms with Crippen molar-refractivity contribution >= 4 is 5.97 Å². The molecule has 1 saturated heterocycles. The maximum absolute atomic E-state index is 13.3. The summed E-state index contributed by atoms with van der Waals surface area (Å²) in [5, 5.41) is 9.10. The van der Waals surface area contributed by atoms with Crippen LogP contribution in [0, 0.1) is 12.7 Å². The fraction of sp³-hybridized carbons (Fsp3) is 0.562. The number of aliphatic carboxylic acids is 1. The minimum absolute atomic E-state index is 0.0117. The zero-order valence-electron chi connectivity index (χ0n) is 11.9. The van der Waals surface area contributed by atoms with Gasteiger partial charge < -0.3 is 5.11 Å². The molecule has 20 heavy (non-hydrogen) atoms. The zero-order chi connectivity index (χ0) is 14.5. The van der Waals surface area contributed by atoms with Gasteiger partial charge in [-0.15, -0.1) is 0 Å². The van der Waals surface area contributed by atoms with Crippen molar-refractivity contribution < 1.29 is 14.3 Å². The molecule has 0 spiro atoms. The molecule has 1 heterocycles. The Bertz CT molecular complexity index is 470. The summed E-state index contributed by atoms with van der Waals surface area (Å²) in [5.41, 5.74) is 1.64. The second kappa shape index (κ2) is 6.84. The third-order valence-electron chi connectivity index (χ3n) is 4.01. The number of carboxylic acid groups (broad SMARTS) is 1. The molecule has 1 aliphatic heterocycles. The summed E-state index contributed by atoms with van der Waals surface area (Å²) in [5.74, 6) is -0.971. The van der Waals surface area contributed by atoms with Gasteiger partial charge in [0.25, 0.3) is 0 Å². The van der Waals surface area contributed by atoms with Crippen molar-refractivity contribution in [3.8, 4) is 0 Å². The van der Waals surface area contributed by atoms with Crippen molar-refractivity contribution in [2.75, 3.05) is 13.1 Å². The van der Waals surface area contributed by atoms with E-state index in [1.807, 2.05) is 6.07 Å². The first-order valence-electron chi connectivity index (χ1n) is 7.27. The molecule has 4 heteroatoms. The molecule has 1 aliphatic rings. The largest absolute Gasteiger partial charge is 0.481 e. The Morgan fingerprint density at radius 3 is 2.65 bits per heavy atom. The van der Waals surface area contributed by atoms with Crippen LogP contribution in [0.5, 0.6) is 0 Å². The van der Waals surface area contributed by atoms with Crippen molar-refractivity contribution in [2.45, 2.75) is 45.1 Å². The number of nitrogens with zero attached hydrogens (tertiary/aromatic N) is 1. The average Bonchev–Trinajstić information content (AvgIpc) is 2.43. The predicted molar refractivity (Wildman–Crippen MR) is 76.3 cm³/mol. The molecule has 1 N–H and O–H groups in total. The zero-order valence-corrected chi connectivity index (χ0v) is 11.9. The topological polar surface area (TPSA) is 40.5 Å². The van der Waals surface area contributed by atoms with Crippen LogP contribution in [-0.2, 0) is 11.2 Å². The Hall–Kier alpha value is -1.42. The highest BCUT2D eigenvalue weighted by atomic mass is 19.1. The summed E-state index contributed by atoms with van der Waals surface area (Å²) in [6.07, 6.45) is 4.33. The number of rotatable bonds is 5. The minimum Gasteiger partial charge on any atom is -0.481 e. The van der Waals surface area contributed by atoms with Crippen molar-refractivity contribution in [1.82, 2.24) is 4.90 Å². The Balaban J connectivity index is 2.09. The van der Waals surface area contributed by atoms with Gasteiger partial charge in [-0.3, -0.25) is 9.69 Å². The molecular formula is C16H22FNO2. The van der Waals surface area contributed by atoms with Gasteiger partial charge in [0.2, 0.25) is 0 Å². The lowest BCUT2D eigenvalue weighted by atomic mass is 9.98. The van der Waals surface area contributed by atoms with E-state index in [4.69, 9.17) is 5.11 Å². The Morgan fingerprint density at radius 2 is 2.05 bits per heavy atom.